The van der Waals surface area contributed by atoms with E-state index in [2.05, 4.69) is 20.6 Å². The van der Waals surface area contributed by atoms with E-state index in [9.17, 15) is 14.4 Å². The number of carbonyl (C=O) groups is 2. The first-order chi connectivity index (χ1) is 16.2. The molecule has 10 nitrogen and oxygen atoms in total. The molecule has 1 heterocycles. The van der Waals surface area contributed by atoms with Gasteiger partial charge in [-0.1, -0.05) is 17.8 Å². The number of nitrogen functional groups attached to an aromatic ring is 1. The number of hydrogen-bond donors (Lipinski definition) is 4. The lowest BCUT2D eigenvalue weighted by Crippen LogP contribution is -2.23. The number of anilines is 3. The molecule has 0 saturated carbocycles. The zero-order valence-electron chi connectivity index (χ0n) is 19.1. The Bertz CT molecular complexity index is 1290. The zero-order chi connectivity index (χ0) is 24.8. The molecule has 3 rings (SSSR count). The molecule has 2 aromatic carbocycles. The first-order valence-electron chi connectivity index (χ1n) is 10.1. The minimum absolute atomic E-state index is 0.00660. The van der Waals surface area contributed by atoms with Crippen molar-refractivity contribution in [2.45, 2.75) is 19.0 Å². The van der Waals surface area contributed by atoms with Gasteiger partial charge in [-0.2, -0.15) is 0 Å². The summed E-state index contributed by atoms with van der Waals surface area (Å²) >= 11 is 1.01. The quantitative estimate of drug-likeness (QED) is 0.282. The van der Waals surface area contributed by atoms with Crippen molar-refractivity contribution in [2.75, 3.05) is 36.3 Å². The Morgan fingerprint density at radius 1 is 1.03 bits per heavy atom. The molecule has 0 aliphatic heterocycles. The second-order valence-electron chi connectivity index (χ2n) is 7.29. The van der Waals surface area contributed by atoms with Crippen molar-refractivity contribution >= 4 is 40.8 Å². The molecule has 0 atom stereocenters. The minimum Gasteiger partial charge on any atom is -0.493 e. The van der Waals surface area contributed by atoms with Gasteiger partial charge in [0.25, 0.3) is 11.5 Å². The van der Waals surface area contributed by atoms with Crippen molar-refractivity contribution in [3.8, 4) is 11.5 Å². The van der Waals surface area contributed by atoms with Crippen LogP contribution in [0.2, 0.25) is 0 Å². The SMILES string of the molecule is COc1ccc(C(=O)Nc2c(N)nc(SCC(=O)Nc3ccc(C)c(C)c3)[nH]c2=O)cc1OC. The van der Waals surface area contributed by atoms with Crippen LogP contribution in [0.4, 0.5) is 17.2 Å². The summed E-state index contributed by atoms with van der Waals surface area (Å²) in [5.41, 5.74) is 8.19. The predicted octanol–water partition coefficient (Wildman–Crippen LogP) is 2.97. The fourth-order valence-electron chi connectivity index (χ4n) is 2.97. The van der Waals surface area contributed by atoms with Crippen LogP contribution >= 0.6 is 11.8 Å². The fraction of sp³-hybridized carbons (Fsp3) is 0.217. The number of aryl methyl sites for hydroxylation is 2. The second kappa shape index (κ2) is 10.8. The number of hydrogen-bond acceptors (Lipinski definition) is 8. The van der Waals surface area contributed by atoms with Crippen molar-refractivity contribution in [1.29, 1.82) is 0 Å². The molecule has 0 spiro atoms. The smallest absolute Gasteiger partial charge is 0.277 e. The lowest BCUT2D eigenvalue weighted by Gasteiger charge is -2.11. The Morgan fingerprint density at radius 2 is 1.76 bits per heavy atom. The third kappa shape index (κ3) is 5.87. The van der Waals surface area contributed by atoms with E-state index in [1.807, 2.05) is 32.0 Å². The molecule has 0 unspecified atom stereocenters. The second-order valence-corrected chi connectivity index (χ2v) is 8.26. The van der Waals surface area contributed by atoms with Gasteiger partial charge < -0.3 is 25.8 Å². The number of nitrogens with zero attached hydrogens (tertiary/aromatic N) is 1. The van der Waals surface area contributed by atoms with Gasteiger partial charge in [-0.05, 0) is 55.3 Å². The van der Waals surface area contributed by atoms with Gasteiger partial charge in [-0.25, -0.2) is 4.98 Å². The van der Waals surface area contributed by atoms with Crippen LogP contribution in [0.3, 0.4) is 0 Å². The number of thioether (sulfide) groups is 1. The number of rotatable bonds is 8. The summed E-state index contributed by atoms with van der Waals surface area (Å²) in [7, 11) is 2.93. The molecule has 0 aliphatic carbocycles. The number of aromatic amines is 1. The molecule has 2 amide bonds. The van der Waals surface area contributed by atoms with E-state index < -0.39 is 11.5 Å². The lowest BCUT2D eigenvalue weighted by atomic mass is 10.1. The molecular formula is C23H25N5O5S. The summed E-state index contributed by atoms with van der Waals surface area (Å²) in [6.07, 6.45) is 0. The highest BCUT2D eigenvalue weighted by Crippen LogP contribution is 2.28. The van der Waals surface area contributed by atoms with Gasteiger partial charge in [0.1, 0.15) is 5.69 Å². The van der Waals surface area contributed by atoms with E-state index in [0.717, 1.165) is 22.9 Å². The van der Waals surface area contributed by atoms with E-state index in [4.69, 9.17) is 15.2 Å². The van der Waals surface area contributed by atoms with Crippen molar-refractivity contribution in [1.82, 2.24) is 9.97 Å². The van der Waals surface area contributed by atoms with Crippen LogP contribution in [-0.2, 0) is 4.79 Å². The zero-order valence-corrected chi connectivity index (χ0v) is 20.0. The van der Waals surface area contributed by atoms with Crippen molar-refractivity contribution in [3.63, 3.8) is 0 Å². The average Bonchev–Trinajstić information content (AvgIpc) is 2.81. The number of nitrogens with one attached hydrogen (secondary N) is 3. The summed E-state index contributed by atoms with van der Waals surface area (Å²) in [4.78, 5) is 44.0. The topological polar surface area (TPSA) is 148 Å². The highest BCUT2D eigenvalue weighted by molar-refractivity contribution is 7.99. The highest BCUT2D eigenvalue weighted by Gasteiger charge is 2.16. The van der Waals surface area contributed by atoms with Crippen molar-refractivity contribution < 1.29 is 19.1 Å². The van der Waals surface area contributed by atoms with Gasteiger partial charge >= 0.3 is 0 Å². The van der Waals surface area contributed by atoms with Crippen LogP contribution in [0.1, 0.15) is 21.5 Å². The summed E-state index contributed by atoms with van der Waals surface area (Å²) in [6.45, 7) is 3.95. The summed E-state index contributed by atoms with van der Waals surface area (Å²) < 4.78 is 10.3. The number of nitrogens with two attached hydrogens (primary N) is 1. The molecule has 0 fully saturated rings. The first kappa shape index (κ1) is 24.6. The van der Waals surface area contributed by atoms with Crippen LogP contribution in [0.15, 0.2) is 46.3 Å². The van der Waals surface area contributed by atoms with Gasteiger partial charge in [0.2, 0.25) is 5.91 Å². The molecule has 1 aromatic heterocycles. The molecule has 178 valence electrons. The monoisotopic (exact) mass is 483 g/mol. The molecule has 11 heteroatoms. The summed E-state index contributed by atoms with van der Waals surface area (Å²) in [5, 5.41) is 5.41. The van der Waals surface area contributed by atoms with Crippen molar-refractivity contribution in [3.05, 3.63) is 63.4 Å². The maximum atomic E-state index is 12.6. The number of benzene rings is 2. The average molecular weight is 484 g/mol. The van der Waals surface area contributed by atoms with E-state index in [0.29, 0.717) is 17.2 Å². The van der Waals surface area contributed by atoms with E-state index in [1.165, 1.54) is 26.4 Å². The Morgan fingerprint density at radius 3 is 2.41 bits per heavy atom. The summed E-state index contributed by atoms with van der Waals surface area (Å²) in [6, 6.07) is 10.2. The third-order valence-electron chi connectivity index (χ3n) is 4.94. The number of H-pyrrole nitrogens is 1. The van der Waals surface area contributed by atoms with Crippen LogP contribution in [-0.4, -0.2) is 41.8 Å². The Kier molecular flexibility index (Phi) is 7.79. The van der Waals surface area contributed by atoms with Gasteiger partial charge in [-0.3, -0.25) is 19.4 Å². The summed E-state index contributed by atoms with van der Waals surface area (Å²) in [5.74, 6) is -0.183. The van der Waals surface area contributed by atoms with Crippen LogP contribution in [0.5, 0.6) is 11.5 Å². The predicted molar refractivity (Wildman–Crippen MR) is 132 cm³/mol. The van der Waals surface area contributed by atoms with Gasteiger partial charge in [0.15, 0.2) is 22.5 Å². The fourth-order valence-corrected chi connectivity index (χ4v) is 3.64. The molecular weight excluding hydrogens is 458 g/mol. The Hall–Kier alpha value is -3.99. The molecule has 3 aromatic rings. The molecule has 34 heavy (non-hydrogen) atoms. The van der Waals surface area contributed by atoms with Crippen LogP contribution in [0.25, 0.3) is 0 Å². The molecule has 5 N–H and O–H groups in total. The third-order valence-corrected chi connectivity index (χ3v) is 5.81. The van der Waals surface area contributed by atoms with Crippen molar-refractivity contribution in [2.24, 2.45) is 0 Å². The van der Waals surface area contributed by atoms with Crippen LogP contribution < -0.4 is 31.4 Å². The molecule has 0 aliphatic rings. The number of methoxy groups -OCH3 is 2. The lowest BCUT2D eigenvalue weighted by molar-refractivity contribution is -0.113. The Labute approximate surface area is 200 Å². The van der Waals surface area contributed by atoms with E-state index in [1.54, 1.807) is 6.07 Å². The van der Waals surface area contributed by atoms with Gasteiger partial charge in [0.05, 0.1) is 20.0 Å². The van der Waals surface area contributed by atoms with Gasteiger partial charge in [0, 0.05) is 11.3 Å². The normalized spacial score (nSPS) is 10.5. The Balaban J connectivity index is 1.66. The van der Waals surface area contributed by atoms with E-state index in [-0.39, 0.29) is 33.9 Å². The maximum Gasteiger partial charge on any atom is 0.277 e. The number of carbonyl (C=O) groups excluding carboxylic acids is 2. The van der Waals surface area contributed by atoms with E-state index >= 15 is 0 Å². The number of aromatic nitrogens is 2. The standard InChI is InChI=1S/C23H25N5O5S/c1-12-5-7-15(9-13(12)2)25-18(29)11-34-23-27-20(24)19(22(31)28-23)26-21(30)14-6-8-16(32-3)17(10-14)33-4/h5-10H,11H2,1-4H3,(H,25,29)(H,26,30)(H3,24,27,28,31). The maximum absolute atomic E-state index is 12.6. The molecule has 0 bridgehead atoms. The van der Waals surface area contributed by atoms with Crippen LogP contribution in [0, 0.1) is 13.8 Å². The first-order valence-corrected chi connectivity index (χ1v) is 11.1. The number of ether oxygens (including phenoxy) is 2. The highest BCUT2D eigenvalue weighted by atomic mass is 32.2. The number of amides is 2. The van der Waals surface area contributed by atoms with Gasteiger partial charge in [-0.15, -0.1) is 0 Å². The largest absolute Gasteiger partial charge is 0.493 e. The minimum atomic E-state index is -0.640. The molecule has 0 radical (unpaired) electrons. The molecule has 0 saturated heterocycles.